The molecule has 8 atom stereocenters. The van der Waals surface area contributed by atoms with Crippen molar-refractivity contribution in [1.82, 2.24) is 0 Å². The zero-order valence-corrected chi connectivity index (χ0v) is 125. The predicted molar refractivity (Wildman–Crippen MR) is 628 cm³/mol. The molecule has 2 fully saturated rings. The Balaban J connectivity index is 3.00. The average molecular weight is 2500 g/mol. The van der Waals surface area contributed by atoms with Gasteiger partial charge in [0.25, 0.3) is 0 Å². The molecule has 0 radical (unpaired) electrons. The third-order valence-electron chi connectivity index (χ3n) is 19.7. The maximum absolute atomic E-state index is 13.0. The van der Waals surface area contributed by atoms with Gasteiger partial charge in [-0.2, -0.15) is 0 Å². The normalized spacial score (nSPS) is 23.5. The van der Waals surface area contributed by atoms with Gasteiger partial charge >= 0.3 is 236 Å². The minimum atomic E-state index is -4.34. The highest BCUT2D eigenvalue weighted by molar-refractivity contribution is 7.00. The van der Waals surface area contributed by atoms with E-state index in [4.69, 9.17) is 135 Å². The van der Waals surface area contributed by atoms with Crippen LogP contribution in [-0.4, -0.2) is 286 Å². The quantitative estimate of drug-likeness (QED) is 0.0179. The Morgan fingerprint density at radius 1 is 0.193 bits per heavy atom. The number of hydrogen-bond donors (Lipinski definition) is 0. The summed E-state index contributed by atoms with van der Waals surface area (Å²) in [4.78, 5) is 63.7. The van der Waals surface area contributed by atoms with Crippen LogP contribution in [0.2, 0.25) is 325 Å². The van der Waals surface area contributed by atoms with E-state index in [9.17, 15) is 24.0 Å². The minimum absolute atomic E-state index is 0.00646. The van der Waals surface area contributed by atoms with Crippen molar-refractivity contribution in [2.75, 3.05) is 33.0 Å². The summed E-state index contributed by atoms with van der Waals surface area (Å²) in [6.45, 7) is 117. The van der Waals surface area contributed by atoms with E-state index in [1.54, 1.807) is 47.7 Å². The van der Waals surface area contributed by atoms with E-state index >= 15 is 0 Å². The third kappa shape index (κ3) is 58.3. The van der Waals surface area contributed by atoms with Crippen molar-refractivity contribution in [3.05, 3.63) is 60.8 Å². The van der Waals surface area contributed by atoms with Crippen LogP contribution >= 0.6 is 0 Å². The fourth-order valence-corrected chi connectivity index (χ4v) is 156. The molecule has 0 aromatic carbocycles. The molecule has 0 aromatic rings. The molecule has 8 unspecified atom stereocenters. The lowest BCUT2D eigenvalue weighted by molar-refractivity contribution is -0.139. The molecule has 37 nitrogen and oxygen atoms in total. The fraction of sp³-hybridized carbons (Fsp3) is 0.817. The highest BCUT2D eigenvalue weighted by atomic mass is 28.6. The molecule has 0 aromatic heterocycles. The first kappa shape index (κ1) is 142. The number of hydrogen-bond acceptors (Lipinski definition) is 37. The Morgan fingerprint density at radius 3 is 0.517 bits per heavy atom. The second-order valence-corrected chi connectivity index (χ2v) is 141. The van der Waals surface area contributed by atoms with Gasteiger partial charge in [-0.25, -0.2) is 24.0 Å². The van der Waals surface area contributed by atoms with Crippen LogP contribution < -0.4 is 0 Å². The molecule has 0 aliphatic carbocycles. The Hall–Kier alpha value is 0.609. The first-order chi connectivity index (χ1) is 64.2. The maximum atomic E-state index is 13.0. The van der Waals surface area contributed by atoms with E-state index < -0.39 is 253 Å². The molecule has 0 amide bonds. The van der Waals surface area contributed by atoms with Crippen LogP contribution in [0, 0.1) is 0 Å². The Morgan fingerprint density at radius 2 is 0.338 bits per heavy atom. The van der Waals surface area contributed by atoms with Crippen molar-refractivity contribution in [2.45, 2.75) is 404 Å². The maximum Gasteiger partial charge on any atom is 0.472 e. The Bertz CT molecular complexity index is 4280. The number of esters is 5. The second kappa shape index (κ2) is 53.7. The SMILES string of the molecule is C=C(C)C(=O)OCCCC[Si]1(C)O[Si](C)(CCCCOC(=O)C(=C)C)O[Si](C)(O[Si](C)(C)O[Si](C)(C)O[Si](C)(C)O[Si]2(C)O[Si](C)(CCCOC(=O)C(=C)C)O[Si](C)(CCCOC(=O)C(=C)C)O[Si](C)(O[Si](C)(C)O[Si](C)(C)O[Si](C)(C)O[Si](C)(C)O[Si](C)(O[Si](C)(C)O[Si](C)(C)O[Si](C)(C)O[Si](C)(C)O[Si](C)(C)C)O[Si](C)(C)O[Si](C)(C)O[Si](C)(C)O[Si](C)(C)O[Si](C)(C)C)O2)O[Si](C)(CCCOC(=O)C(=C)C)O1. The topological polar surface area (TPSA) is 381 Å². The highest BCUT2D eigenvalue weighted by Gasteiger charge is 2.66. The van der Waals surface area contributed by atoms with Crippen molar-refractivity contribution < 1.29 is 159 Å². The van der Waals surface area contributed by atoms with Crippen molar-refractivity contribution in [2.24, 2.45) is 0 Å². The van der Waals surface area contributed by atoms with E-state index in [0.29, 0.717) is 68.7 Å². The number of rotatable bonds is 65. The zero-order valence-electron chi connectivity index (χ0n) is 98.7. The molecule has 0 spiro atoms. The first-order valence-corrected chi connectivity index (χ1v) is 121. The van der Waals surface area contributed by atoms with E-state index in [1.165, 1.54) is 0 Å². The summed E-state index contributed by atoms with van der Waals surface area (Å²) in [6, 6.07) is 1.78. The van der Waals surface area contributed by atoms with Gasteiger partial charge in [-0.1, -0.05) is 32.9 Å². The summed E-state index contributed by atoms with van der Waals surface area (Å²) in [5.41, 5.74) is 1.32. The fourth-order valence-electron chi connectivity index (χ4n) is 18.8. The van der Waals surface area contributed by atoms with Gasteiger partial charge in [0, 0.05) is 54.1 Å². The molecular formula is C82H194O37Si26. The molecule has 2 saturated heterocycles. The lowest BCUT2D eigenvalue weighted by atomic mass is 10.3. The van der Waals surface area contributed by atoms with Crippen molar-refractivity contribution in [3.63, 3.8) is 0 Å². The third-order valence-corrected chi connectivity index (χ3v) is 125. The minimum Gasteiger partial charge on any atom is -0.462 e. The molecule has 0 bridgehead atoms. The van der Waals surface area contributed by atoms with Crippen LogP contribution in [0.25, 0.3) is 0 Å². The molecule has 2 heterocycles. The number of carbonyl (C=O) groups is 5. The van der Waals surface area contributed by atoms with Crippen molar-refractivity contribution in [1.29, 1.82) is 0 Å². The predicted octanol–water partition coefficient (Wildman–Crippen LogP) is 22.6. The molecule has 2 rings (SSSR count). The van der Waals surface area contributed by atoms with E-state index in [-0.39, 0.29) is 67.4 Å². The summed E-state index contributed by atoms with van der Waals surface area (Å²) in [5.74, 6) is -2.59. The molecule has 145 heavy (non-hydrogen) atoms. The van der Waals surface area contributed by atoms with E-state index in [1.807, 2.05) is 216 Å². The monoisotopic (exact) mass is 2500 g/mol. The number of unbranched alkanes of at least 4 members (excludes halogenated alkanes) is 2. The van der Waals surface area contributed by atoms with Gasteiger partial charge in [0.2, 0.25) is 0 Å². The van der Waals surface area contributed by atoms with Crippen LogP contribution in [-0.2, 0) is 159 Å². The standard InChI is InChI=1S/C82H194O37Si26/c1-73(2)78(83)88-63-56-58-68-137(47)112-138(48,69-59-57-64-89-79(84)74(3)4)115-143(53,116-139(49,113-137)70-60-65-90-80(85)75(5)6)109-134(41,42)104-130(33,34)105-136(45,46)111-145(55)118-141(51,72-62-67-92-82(87)77(9)10)114-140(50,71-61-66-91-81(86)76(7)8)117-144(54,119-145)110-135(43,44)103-129(31,32)99-128(29,30)102-133(39,40)108-142(52,106-131(35,36)100-126(25,26)97-124(21,22)95-122(17,18)93-120(11,12)13)107-132(37,38)101-127(27,28)98-125(23,24)96-123(19,20)94-121(14,15)16/h1,3,5,7,9,56-72H2,2,4,6,8,10-55H3. The number of ether oxygens (including phenoxy) is 5. The van der Waals surface area contributed by atoms with E-state index in [0.717, 1.165) is 0 Å². The van der Waals surface area contributed by atoms with Crippen LogP contribution in [0.3, 0.4) is 0 Å². The molecule has 848 valence electrons. The first-order valence-electron chi connectivity index (χ1n) is 50.3. The molecule has 0 saturated carbocycles. The summed E-state index contributed by atoms with van der Waals surface area (Å²) < 4.78 is 226. The summed E-state index contributed by atoms with van der Waals surface area (Å²) in [5, 5.41) is 0. The van der Waals surface area contributed by atoms with Gasteiger partial charge in [0.05, 0.1) is 33.0 Å². The van der Waals surface area contributed by atoms with Gasteiger partial charge in [-0.15, -0.1) is 0 Å². The molecule has 2 aliphatic heterocycles. The Kier molecular flexibility index (Phi) is 52.5. The van der Waals surface area contributed by atoms with Crippen molar-refractivity contribution >= 4 is 253 Å². The lowest BCUT2D eigenvalue weighted by Gasteiger charge is -2.52. The van der Waals surface area contributed by atoms with E-state index in [2.05, 4.69) is 98.4 Å². The summed E-state index contributed by atoms with van der Waals surface area (Å²) in [7, 11) is -87.2. The van der Waals surface area contributed by atoms with Crippen LogP contribution in [0.1, 0.15) is 79.6 Å². The van der Waals surface area contributed by atoms with Gasteiger partial charge in [-0.3, -0.25) is 0 Å². The number of carbonyl (C=O) groups excluding carboxylic acids is 5. The van der Waals surface area contributed by atoms with Gasteiger partial charge < -0.3 is 135 Å². The van der Waals surface area contributed by atoms with Gasteiger partial charge in [0.15, 0.2) is 16.6 Å². The van der Waals surface area contributed by atoms with Crippen LogP contribution in [0.15, 0.2) is 60.8 Å². The summed E-state index contributed by atoms with van der Waals surface area (Å²) in [6.07, 6.45) is 3.07. The molecular weight excluding hydrogens is 2310 g/mol. The van der Waals surface area contributed by atoms with Gasteiger partial charge in [-0.05, 0) is 378 Å². The Labute approximate surface area is 902 Å². The molecule has 0 N–H and O–H groups in total. The van der Waals surface area contributed by atoms with Crippen LogP contribution in [0.4, 0.5) is 0 Å². The lowest BCUT2D eigenvalue weighted by Crippen LogP contribution is -2.72. The van der Waals surface area contributed by atoms with Gasteiger partial charge in [0.1, 0.15) is 0 Å². The van der Waals surface area contributed by atoms with Crippen molar-refractivity contribution in [3.8, 4) is 0 Å². The highest BCUT2D eigenvalue weighted by Crippen LogP contribution is 2.45. The average Bonchev–Trinajstić information content (AvgIpc) is 0.751. The largest absolute Gasteiger partial charge is 0.472 e. The molecule has 63 heteroatoms. The summed E-state index contributed by atoms with van der Waals surface area (Å²) >= 11 is 0. The zero-order chi connectivity index (χ0) is 113. The molecule has 2 aliphatic rings. The second-order valence-electron chi connectivity index (χ2n) is 47.9. The smallest absolute Gasteiger partial charge is 0.462 e. The van der Waals surface area contributed by atoms with Crippen LogP contribution in [0.5, 0.6) is 0 Å².